The molecule has 114 valence electrons. The van der Waals surface area contributed by atoms with Gasteiger partial charge in [0.1, 0.15) is 0 Å². The first kappa shape index (κ1) is 15.0. The number of carbonyl (C=O) groups is 1. The molecule has 0 saturated heterocycles. The van der Waals surface area contributed by atoms with E-state index in [2.05, 4.69) is 0 Å². The van der Waals surface area contributed by atoms with Crippen molar-refractivity contribution in [1.29, 1.82) is 0 Å². The van der Waals surface area contributed by atoms with Crippen LogP contribution in [0.25, 0.3) is 10.8 Å². The van der Waals surface area contributed by atoms with Crippen molar-refractivity contribution >= 4 is 16.6 Å². The second-order valence-corrected chi connectivity index (χ2v) is 5.33. The summed E-state index contributed by atoms with van der Waals surface area (Å²) in [5, 5.41) is 13.0. The van der Waals surface area contributed by atoms with Gasteiger partial charge in [-0.2, -0.15) is 0 Å². The molecule has 0 saturated carbocycles. The number of nitrogens with zero attached hydrogens (tertiary/aromatic N) is 1. The third-order valence-electron chi connectivity index (χ3n) is 3.62. The maximum Gasteiger partial charge on any atom is 0.187 e. The summed E-state index contributed by atoms with van der Waals surface area (Å²) in [6, 6.07) is 23.1. The molecule has 3 rings (SSSR count). The predicted molar refractivity (Wildman–Crippen MR) is 91.2 cm³/mol. The normalized spacial score (nSPS) is 11.0. The highest BCUT2D eigenvalue weighted by atomic mass is 16.5. The van der Waals surface area contributed by atoms with Crippen molar-refractivity contribution in [2.24, 2.45) is 0 Å². The van der Waals surface area contributed by atoms with Crippen LogP contribution >= 0.6 is 0 Å². The predicted octanol–water partition coefficient (Wildman–Crippen LogP) is 4.43. The van der Waals surface area contributed by atoms with Gasteiger partial charge in [-0.1, -0.05) is 66.7 Å². The smallest absolute Gasteiger partial charge is 0.187 e. The molecule has 0 heterocycles. The zero-order chi connectivity index (χ0) is 16.1. The van der Waals surface area contributed by atoms with Crippen LogP contribution in [-0.4, -0.2) is 16.1 Å². The summed E-state index contributed by atoms with van der Waals surface area (Å²) in [5.41, 5.74) is 1.57. The zero-order valence-electron chi connectivity index (χ0n) is 12.6. The number of allylic oxidation sites excluding steroid dienone is 1. The number of benzene rings is 3. The molecule has 3 heteroatoms. The summed E-state index contributed by atoms with van der Waals surface area (Å²) in [6.07, 6.45) is 2.78. The van der Waals surface area contributed by atoms with Crippen LogP contribution in [0.15, 0.2) is 85.1 Å². The van der Waals surface area contributed by atoms with Crippen molar-refractivity contribution in [2.45, 2.75) is 6.54 Å². The Balaban J connectivity index is 1.69. The molecule has 0 aromatic heterocycles. The molecule has 1 N–H and O–H groups in total. The largest absolute Gasteiger partial charge is 0.289 e. The average Bonchev–Trinajstić information content (AvgIpc) is 2.60. The van der Waals surface area contributed by atoms with Gasteiger partial charge >= 0.3 is 0 Å². The first-order valence-corrected chi connectivity index (χ1v) is 7.43. The van der Waals surface area contributed by atoms with E-state index in [0.717, 1.165) is 21.4 Å². The maximum absolute atomic E-state index is 12.2. The standard InChI is InChI=1S/C20H17NO2/c22-20(12-13-21(23)15-16-6-2-1-3-7-16)19-11-10-17-8-4-5-9-18(17)14-19/h1-14,23H,15H2/b13-12+. The van der Waals surface area contributed by atoms with Gasteiger partial charge in [-0.3, -0.25) is 15.1 Å². The van der Waals surface area contributed by atoms with E-state index in [0.29, 0.717) is 12.1 Å². The van der Waals surface area contributed by atoms with Gasteiger partial charge in [-0.25, -0.2) is 0 Å². The van der Waals surface area contributed by atoms with E-state index < -0.39 is 0 Å². The molecule has 0 fully saturated rings. The molecule has 0 amide bonds. The van der Waals surface area contributed by atoms with Crippen molar-refractivity contribution in [2.75, 3.05) is 0 Å². The van der Waals surface area contributed by atoms with Gasteiger partial charge in [0, 0.05) is 17.8 Å². The Morgan fingerprint density at radius 3 is 2.39 bits per heavy atom. The van der Waals surface area contributed by atoms with Crippen molar-refractivity contribution in [3.8, 4) is 0 Å². The molecule has 0 bridgehead atoms. The summed E-state index contributed by atoms with van der Waals surface area (Å²) in [6.45, 7) is 0.336. The molecular weight excluding hydrogens is 286 g/mol. The van der Waals surface area contributed by atoms with Crippen LogP contribution in [0.3, 0.4) is 0 Å². The lowest BCUT2D eigenvalue weighted by atomic mass is 10.0. The van der Waals surface area contributed by atoms with Crippen LogP contribution < -0.4 is 0 Å². The Hall–Kier alpha value is -2.91. The number of hydrogen-bond acceptors (Lipinski definition) is 3. The van der Waals surface area contributed by atoms with E-state index in [4.69, 9.17) is 0 Å². The van der Waals surface area contributed by atoms with E-state index in [9.17, 15) is 10.0 Å². The topological polar surface area (TPSA) is 40.5 Å². The number of hydrogen-bond donors (Lipinski definition) is 1. The quantitative estimate of drug-likeness (QED) is 0.431. The van der Waals surface area contributed by atoms with Gasteiger partial charge in [-0.15, -0.1) is 0 Å². The minimum absolute atomic E-state index is 0.136. The Bertz CT molecular complexity index is 840. The summed E-state index contributed by atoms with van der Waals surface area (Å²) in [4.78, 5) is 12.2. The average molecular weight is 303 g/mol. The van der Waals surface area contributed by atoms with Gasteiger partial charge in [0.15, 0.2) is 5.78 Å². The summed E-state index contributed by atoms with van der Waals surface area (Å²) in [7, 11) is 0. The van der Waals surface area contributed by atoms with E-state index >= 15 is 0 Å². The van der Waals surface area contributed by atoms with Crippen LogP contribution in [0.5, 0.6) is 0 Å². The lowest BCUT2D eigenvalue weighted by molar-refractivity contribution is -0.0491. The number of rotatable bonds is 5. The van der Waals surface area contributed by atoms with Gasteiger partial charge < -0.3 is 0 Å². The third-order valence-corrected chi connectivity index (χ3v) is 3.62. The Morgan fingerprint density at radius 1 is 0.913 bits per heavy atom. The fourth-order valence-corrected chi connectivity index (χ4v) is 2.42. The molecule has 0 aliphatic heterocycles. The molecule has 0 radical (unpaired) electrons. The van der Waals surface area contributed by atoms with Crippen LogP contribution in [0, 0.1) is 0 Å². The number of fused-ring (bicyclic) bond motifs is 1. The summed E-state index contributed by atoms with van der Waals surface area (Å²) < 4.78 is 0. The monoisotopic (exact) mass is 303 g/mol. The Kier molecular flexibility index (Phi) is 4.50. The molecule has 0 unspecified atom stereocenters. The minimum atomic E-state index is -0.136. The van der Waals surface area contributed by atoms with Crippen LogP contribution in [-0.2, 0) is 6.54 Å². The van der Waals surface area contributed by atoms with Crippen molar-refractivity contribution in [1.82, 2.24) is 5.06 Å². The SMILES string of the molecule is O=C(/C=C/N(O)Cc1ccccc1)c1ccc2ccccc2c1. The van der Waals surface area contributed by atoms with Crippen molar-refractivity contribution in [3.05, 3.63) is 96.2 Å². The van der Waals surface area contributed by atoms with Gasteiger partial charge in [0.25, 0.3) is 0 Å². The van der Waals surface area contributed by atoms with Gasteiger partial charge in [0.2, 0.25) is 0 Å². The van der Waals surface area contributed by atoms with Crippen molar-refractivity contribution < 1.29 is 10.0 Å². The maximum atomic E-state index is 12.2. The summed E-state index contributed by atoms with van der Waals surface area (Å²) in [5.74, 6) is -0.136. The molecular formula is C20H17NO2. The molecule has 3 nitrogen and oxygen atoms in total. The zero-order valence-corrected chi connectivity index (χ0v) is 12.6. The van der Waals surface area contributed by atoms with Gasteiger partial charge in [-0.05, 0) is 22.4 Å². The Morgan fingerprint density at radius 2 is 1.61 bits per heavy atom. The van der Waals surface area contributed by atoms with E-state index in [1.165, 1.54) is 12.3 Å². The van der Waals surface area contributed by atoms with Gasteiger partial charge in [0.05, 0.1) is 6.54 Å². The van der Waals surface area contributed by atoms with Crippen LogP contribution in [0.4, 0.5) is 0 Å². The van der Waals surface area contributed by atoms with E-state index in [-0.39, 0.29) is 5.78 Å². The first-order valence-electron chi connectivity index (χ1n) is 7.43. The molecule has 3 aromatic rings. The highest BCUT2D eigenvalue weighted by Gasteiger charge is 2.04. The number of ketones is 1. The van der Waals surface area contributed by atoms with Crippen molar-refractivity contribution in [3.63, 3.8) is 0 Å². The molecule has 3 aromatic carbocycles. The second kappa shape index (κ2) is 6.90. The first-order chi connectivity index (χ1) is 11.2. The fraction of sp³-hybridized carbons (Fsp3) is 0.0500. The lowest BCUT2D eigenvalue weighted by Crippen LogP contribution is -2.11. The van der Waals surface area contributed by atoms with E-state index in [1.54, 1.807) is 6.07 Å². The number of carbonyl (C=O) groups excluding carboxylic acids is 1. The second-order valence-electron chi connectivity index (χ2n) is 5.33. The van der Waals surface area contributed by atoms with Crippen LogP contribution in [0.1, 0.15) is 15.9 Å². The molecule has 0 atom stereocenters. The molecule has 0 aliphatic rings. The van der Waals surface area contributed by atoms with E-state index in [1.807, 2.05) is 66.7 Å². The highest BCUT2D eigenvalue weighted by molar-refractivity contribution is 6.06. The number of hydroxylamine groups is 2. The Labute approximate surface area is 135 Å². The third kappa shape index (κ3) is 3.84. The molecule has 23 heavy (non-hydrogen) atoms. The highest BCUT2D eigenvalue weighted by Crippen LogP contribution is 2.16. The fourth-order valence-electron chi connectivity index (χ4n) is 2.42. The molecule has 0 aliphatic carbocycles. The summed E-state index contributed by atoms with van der Waals surface area (Å²) >= 11 is 0. The van der Waals surface area contributed by atoms with Crippen LogP contribution in [0.2, 0.25) is 0 Å². The minimum Gasteiger partial charge on any atom is -0.289 e. The molecule has 0 spiro atoms. The lowest BCUT2D eigenvalue weighted by Gasteiger charge is -2.11.